The number of hydrogen-bond acceptors (Lipinski definition) is 5. The van der Waals surface area contributed by atoms with Gasteiger partial charge >= 0.3 is 0 Å². The minimum absolute atomic E-state index is 0.290. The van der Waals surface area contributed by atoms with Crippen molar-refractivity contribution in [3.8, 4) is 0 Å². The van der Waals surface area contributed by atoms with Crippen molar-refractivity contribution in [1.82, 2.24) is 30.3 Å². The molecule has 1 aromatic heterocycles. The molecule has 30 heavy (non-hydrogen) atoms. The molecule has 2 aromatic rings. The average Bonchev–Trinajstić information content (AvgIpc) is 3.18. The van der Waals surface area contributed by atoms with E-state index in [4.69, 9.17) is 4.74 Å². The third kappa shape index (κ3) is 4.82. The molecule has 3 heterocycles. The molecule has 0 aliphatic carbocycles. The van der Waals surface area contributed by atoms with Crippen LogP contribution in [0.1, 0.15) is 36.1 Å². The van der Waals surface area contributed by atoms with Crippen LogP contribution in [0.4, 0.5) is 0 Å². The molecule has 0 radical (unpaired) electrons. The zero-order valence-corrected chi connectivity index (χ0v) is 18.3. The van der Waals surface area contributed by atoms with Crippen LogP contribution in [0.2, 0.25) is 0 Å². The topological polar surface area (TPSA) is 79.6 Å². The van der Waals surface area contributed by atoms with E-state index < -0.39 is 0 Å². The molecule has 0 bridgehead atoms. The van der Waals surface area contributed by atoms with Crippen LogP contribution in [0.25, 0.3) is 0 Å². The number of aliphatic imine (C=N–C) groups is 1. The van der Waals surface area contributed by atoms with Gasteiger partial charge in [0.2, 0.25) is 0 Å². The number of aromatic nitrogens is 3. The van der Waals surface area contributed by atoms with Gasteiger partial charge in [0.05, 0.1) is 6.54 Å². The maximum absolute atomic E-state index is 5.15. The van der Waals surface area contributed by atoms with Crippen LogP contribution in [0.15, 0.2) is 29.3 Å². The van der Waals surface area contributed by atoms with Gasteiger partial charge in [-0.15, -0.1) is 0 Å². The van der Waals surface area contributed by atoms with E-state index in [1.807, 2.05) is 11.7 Å². The molecule has 2 aliphatic rings. The van der Waals surface area contributed by atoms with E-state index >= 15 is 0 Å². The fraction of sp³-hybridized carbons (Fsp3) is 0.591. The Morgan fingerprint density at radius 2 is 2.13 bits per heavy atom. The first-order valence-electron chi connectivity index (χ1n) is 10.9. The Hall–Kier alpha value is -2.45. The van der Waals surface area contributed by atoms with Crippen LogP contribution in [0, 0.1) is 0 Å². The van der Waals surface area contributed by atoms with E-state index in [2.05, 4.69) is 61.8 Å². The maximum Gasteiger partial charge on any atom is 0.191 e. The smallest absolute Gasteiger partial charge is 0.191 e. The zero-order valence-electron chi connectivity index (χ0n) is 18.3. The molecule has 0 amide bonds. The first kappa shape index (κ1) is 20.8. The molecule has 0 fully saturated rings. The SMILES string of the molecule is CN=C(NCC(C)N1CCc2ccccc2C1)NC1CCc2nc(COC)nn2C1. The Morgan fingerprint density at radius 3 is 2.93 bits per heavy atom. The highest BCUT2D eigenvalue weighted by molar-refractivity contribution is 5.80. The predicted molar refractivity (Wildman–Crippen MR) is 117 cm³/mol. The maximum atomic E-state index is 5.15. The molecule has 4 rings (SSSR count). The largest absolute Gasteiger partial charge is 0.377 e. The Balaban J connectivity index is 1.27. The van der Waals surface area contributed by atoms with Crippen molar-refractivity contribution in [1.29, 1.82) is 0 Å². The highest BCUT2D eigenvalue weighted by atomic mass is 16.5. The zero-order chi connectivity index (χ0) is 20.9. The highest BCUT2D eigenvalue weighted by Crippen LogP contribution is 2.20. The minimum atomic E-state index is 0.290. The van der Waals surface area contributed by atoms with Crippen LogP contribution in [0.3, 0.4) is 0 Å². The molecule has 0 saturated heterocycles. The van der Waals surface area contributed by atoms with Gasteiger partial charge in [-0.25, -0.2) is 9.67 Å². The quantitative estimate of drug-likeness (QED) is 0.552. The molecule has 8 nitrogen and oxygen atoms in total. The summed E-state index contributed by atoms with van der Waals surface area (Å²) in [4.78, 5) is 11.5. The summed E-state index contributed by atoms with van der Waals surface area (Å²) in [6.45, 7) is 6.53. The van der Waals surface area contributed by atoms with Crippen LogP contribution < -0.4 is 10.6 Å². The van der Waals surface area contributed by atoms with E-state index in [0.29, 0.717) is 12.6 Å². The van der Waals surface area contributed by atoms with Crippen molar-refractivity contribution >= 4 is 5.96 Å². The first-order chi connectivity index (χ1) is 14.7. The summed E-state index contributed by atoms with van der Waals surface area (Å²) in [7, 11) is 3.50. The van der Waals surface area contributed by atoms with E-state index in [1.165, 1.54) is 11.1 Å². The van der Waals surface area contributed by atoms with Gasteiger partial charge < -0.3 is 15.4 Å². The van der Waals surface area contributed by atoms with Gasteiger partial charge in [0.1, 0.15) is 12.4 Å². The number of guanidine groups is 1. The van der Waals surface area contributed by atoms with E-state index in [0.717, 1.165) is 63.0 Å². The number of hydrogen-bond donors (Lipinski definition) is 2. The Morgan fingerprint density at radius 1 is 1.30 bits per heavy atom. The lowest BCUT2D eigenvalue weighted by Crippen LogP contribution is -2.50. The summed E-state index contributed by atoms with van der Waals surface area (Å²) in [5, 5.41) is 11.6. The molecular weight excluding hydrogens is 378 g/mol. The van der Waals surface area contributed by atoms with Gasteiger partial charge in [0.25, 0.3) is 0 Å². The van der Waals surface area contributed by atoms with Crippen molar-refractivity contribution < 1.29 is 4.74 Å². The number of nitrogens with zero attached hydrogens (tertiary/aromatic N) is 5. The van der Waals surface area contributed by atoms with Crippen molar-refractivity contribution in [2.24, 2.45) is 4.99 Å². The van der Waals surface area contributed by atoms with Crippen LogP contribution in [-0.2, 0) is 37.3 Å². The van der Waals surface area contributed by atoms with Gasteiger partial charge in [-0.05, 0) is 30.9 Å². The van der Waals surface area contributed by atoms with Crippen LogP contribution >= 0.6 is 0 Å². The van der Waals surface area contributed by atoms with Gasteiger partial charge in [0, 0.05) is 52.3 Å². The van der Waals surface area contributed by atoms with E-state index in [-0.39, 0.29) is 6.04 Å². The van der Waals surface area contributed by atoms with Crippen molar-refractivity contribution in [3.05, 3.63) is 47.0 Å². The summed E-state index contributed by atoms with van der Waals surface area (Å²) in [6, 6.07) is 9.51. The number of fused-ring (bicyclic) bond motifs is 2. The third-order valence-electron chi connectivity index (χ3n) is 6.09. The van der Waals surface area contributed by atoms with Gasteiger partial charge in [0.15, 0.2) is 11.8 Å². The Bertz CT molecular complexity index is 878. The molecule has 0 spiro atoms. The van der Waals surface area contributed by atoms with Crippen molar-refractivity contribution in [3.63, 3.8) is 0 Å². The van der Waals surface area contributed by atoms with Crippen molar-refractivity contribution in [2.75, 3.05) is 27.2 Å². The second-order valence-electron chi connectivity index (χ2n) is 8.23. The lowest BCUT2D eigenvalue weighted by atomic mass is 9.99. The number of methoxy groups -OCH3 is 1. The third-order valence-corrected chi connectivity index (χ3v) is 6.09. The molecule has 0 saturated carbocycles. The monoisotopic (exact) mass is 411 g/mol. The first-order valence-corrected chi connectivity index (χ1v) is 10.9. The van der Waals surface area contributed by atoms with E-state index in [9.17, 15) is 0 Å². The average molecular weight is 412 g/mol. The number of ether oxygens (including phenoxy) is 1. The molecule has 2 atom stereocenters. The fourth-order valence-corrected chi connectivity index (χ4v) is 4.32. The molecule has 2 aliphatic heterocycles. The number of benzene rings is 1. The summed E-state index contributed by atoms with van der Waals surface area (Å²) in [6.07, 6.45) is 3.06. The number of nitrogens with one attached hydrogen (secondary N) is 2. The number of aryl methyl sites for hydroxylation is 1. The van der Waals surface area contributed by atoms with Crippen LogP contribution in [0.5, 0.6) is 0 Å². The summed E-state index contributed by atoms with van der Waals surface area (Å²) in [5.74, 6) is 2.65. The van der Waals surface area contributed by atoms with Gasteiger partial charge in [-0.2, -0.15) is 5.10 Å². The molecule has 8 heteroatoms. The highest BCUT2D eigenvalue weighted by Gasteiger charge is 2.23. The van der Waals surface area contributed by atoms with Gasteiger partial charge in [-0.1, -0.05) is 24.3 Å². The predicted octanol–water partition coefficient (Wildman–Crippen LogP) is 1.35. The molecule has 162 valence electrons. The standard InChI is InChI=1S/C22H33N7O/c1-16(28-11-10-17-6-4-5-7-18(17)13-28)12-24-22(23-2)25-19-8-9-21-26-20(15-30-3)27-29(21)14-19/h4-7,16,19H,8-15H2,1-3H3,(H2,23,24,25). The molecule has 1 aromatic carbocycles. The minimum Gasteiger partial charge on any atom is -0.377 e. The summed E-state index contributed by atoms with van der Waals surface area (Å²) in [5.41, 5.74) is 2.95. The van der Waals surface area contributed by atoms with Crippen LogP contribution in [-0.4, -0.2) is 65.0 Å². The summed E-state index contributed by atoms with van der Waals surface area (Å²) >= 11 is 0. The molecule has 2 N–H and O–H groups in total. The lowest BCUT2D eigenvalue weighted by molar-refractivity contribution is 0.177. The Kier molecular flexibility index (Phi) is 6.64. The van der Waals surface area contributed by atoms with Gasteiger partial charge in [-0.3, -0.25) is 9.89 Å². The summed E-state index contributed by atoms with van der Waals surface area (Å²) < 4.78 is 7.15. The van der Waals surface area contributed by atoms with E-state index in [1.54, 1.807) is 7.11 Å². The number of rotatable bonds is 6. The second-order valence-corrected chi connectivity index (χ2v) is 8.23. The normalized spacial score (nSPS) is 20.4. The lowest BCUT2D eigenvalue weighted by Gasteiger charge is -2.34. The Labute approximate surface area is 178 Å². The molecular formula is C22H33N7O. The van der Waals surface area contributed by atoms with Crippen molar-refractivity contribution in [2.45, 2.75) is 58.0 Å². The second kappa shape index (κ2) is 9.57. The fourth-order valence-electron chi connectivity index (χ4n) is 4.32. The molecule has 2 unspecified atom stereocenters.